The van der Waals surface area contributed by atoms with Crippen molar-refractivity contribution in [1.29, 1.82) is 0 Å². The molecule has 0 fully saturated rings. The van der Waals surface area contributed by atoms with Crippen LogP contribution >= 0.6 is 0 Å². The Morgan fingerprint density at radius 2 is 2.15 bits per heavy atom. The second kappa shape index (κ2) is 3.51. The van der Waals surface area contributed by atoms with Gasteiger partial charge >= 0.3 is 0 Å². The summed E-state index contributed by atoms with van der Waals surface area (Å²) in [5.74, 6) is 0.566. The van der Waals surface area contributed by atoms with Crippen LogP contribution in [0.1, 0.15) is 30.9 Å². The minimum atomic E-state index is 0.405. The molecule has 1 heteroatoms. The first kappa shape index (κ1) is 8.76. The molecule has 13 heavy (non-hydrogen) atoms. The highest BCUT2D eigenvalue weighted by molar-refractivity contribution is 5.36. The quantitative estimate of drug-likeness (QED) is 0.673. The summed E-state index contributed by atoms with van der Waals surface area (Å²) in [5, 5.41) is 0. The van der Waals surface area contributed by atoms with E-state index >= 15 is 0 Å². The molecular formula is C12H16O. The van der Waals surface area contributed by atoms with Crippen LogP contribution in [0, 0.1) is 0 Å². The Morgan fingerprint density at radius 3 is 2.85 bits per heavy atom. The maximum atomic E-state index is 5.70. The summed E-state index contributed by atoms with van der Waals surface area (Å²) < 4.78 is 5.70. The van der Waals surface area contributed by atoms with Crippen molar-refractivity contribution in [3.8, 4) is 0 Å². The number of benzene rings is 1. The lowest BCUT2D eigenvalue weighted by Crippen LogP contribution is -2.16. The maximum Gasteiger partial charge on any atom is 0.0681 e. The molecule has 1 nitrogen and oxygen atoms in total. The maximum absolute atomic E-state index is 5.70. The van der Waals surface area contributed by atoms with Gasteiger partial charge in [-0.05, 0) is 24.5 Å². The van der Waals surface area contributed by atoms with E-state index in [0.717, 1.165) is 13.0 Å². The zero-order valence-corrected chi connectivity index (χ0v) is 8.29. The third-order valence-electron chi connectivity index (χ3n) is 2.91. The molecule has 0 radical (unpaired) electrons. The monoisotopic (exact) mass is 176 g/mol. The molecular weight excluding hydrogens is 160 g/mol. The van der Waals surface area contributed by atoms with Gasteiger partial charge in [0.2, 0.25) is 0 Å². The summed E-state index contributed by atoms with van der Waals surface area (Å²) in [5.41, 5.74) is 2.94. The first-order chi connectivity index (χ1) is 6.33. The van der Waals surface area contributed by atoms with Crippen LogP contribution in [0.3, 0.4) is 0 Å². The lowest BCUT2D eigenvalue weighted by molar-refractivity contribution is 0.0555. The molecule has 0 spiro atoms. The molecule has 1 aliphatic rings. The second-order valence-corrected chi connectivity index (χ2v) is 3.69. The lowest BCUT2D eigenvalue weighted by atomic mass is 10.0. The van der Waals surface area contributed by atoms with E-state index in [1.54, 1.807) is 0 Å². The van der Waals surface area contributed by atoms with Gasteiger partial charge in [0.25, 0.3) is 0 Å². The van der Waals surface area contributed by atoms with Crippen LogP contribution < -0.4 is 0 Å². The van der Waals surface area contributed by atoms with Crippen LogP contribution in [0.15, 0.2) is 24.3 Å². The van der Waals surface area contributed by atoms with Gasteiger partial charge in [0.15, 0.2) is 0 Å². The fourth-order valence-corrected chi connectivity index (χ4v) is 2.18. The molecule has 1 aromatic carbocycles. The van der Waals surface area contributed by atoms with Gasteiger partial charge in [0.1, 0.15) is 0 Å². The van der Waals surface area contributed by atoms with E-state index in [4.69, 9.17) is 4.74 Å². The molecule has 0 aliphatic heterocycles. The predicted molar refractivity (Wildman–Crippen MR) is 54.0 cm³/mol. The largest absolute Gasteiger partial charge is 0.378 e. The van der Waals surface area contributed by atoms with Crippen molar-refractivity contribution in [3.05, 3.63) is 35.4 Å². The van der Waals surface area contributed by atoms with Gasteiger partial charge in [-0.3, -0.25) is 0 Å². The highest BCUT2D eigenvalue weighted by Gasteiger charge is 2.28. The van der Waals surface area contributed by atoms with E-state index in [0.29, 0.717) is 12.0 Å². The predicted octanol–water partition coefficient (Wildman–Crippen LogP) is 2.75. The van der Waals surface area contributed by atoms with E-state index in [1.165, 1.54) is 11.1 Å². The van der Waals surface area contributed by atoms with Crippen LogP contribution in [0.5, 0.6) is 0 Å². The van der Waals surface area contributed by atoms with E-state index < -0.39 is 0 Å². The Hall–Kier alpha value is -0.820. The average Bonchev–Trinajstić information content (AvgIpc) is 2.46. The number of hydrogen-bond donors (Lipinski definition) is 0. The fourth-order valence-electron chi connectivity index (χ4n) is 2.18. The van der Waals surface area contributed by atoms with Crippen molar-refractivity contribution in [3.63, 3.8) is 0 Å². The molecule has 0 aromatic heterocycles. The lowest BCUT2D eigenvalue weighted by Gasteiger charge is -2.15. The molecule has 1 aromatic rings. The molecule has 0 N–H and O–H groups in total. The zero-order chi connectivity index (χ0) is 9.26. The van der Waals surface area contributed by atoms with Crippen molar-refractivity contribution >= 4 is 0 Å². The van der Waals surface area contributed by atoms with E-state index in [2.05, 4.69) is 38.1 Å². The van der Waals surface area contributed by atoms with Gasteiger partial charge in [-0.15, -0.1) is 0 Å². The van der Waals surface area contributed by atoms with Gasteiger partial charge in [-0.25, -0.2) is 0 Å². The van der Waals surface area contributed by atoms with E-state index in [1.807, 2.05) is 0 Å². The summed E-state index contributed by atoms with van der Waals surface area (Å²) in [6, 6.07) is 8.66. The smallest absolute Gasteiger partial charge is 0.0681 e. The molecule has 0 bridgehead atoms. The van der Waals surface area contributed by atoms with Gasteiger partial charge in [0.05, 0.1) is 6.10 Å². The average molecular weight is 176 g/mol. The van der Waals surface area contributed by atoms with Crippen molar-refractivity contribution in [1.82, 2.24) is 0 Å². The van der Waals surface area contributed by atoms with Gasteiger partial charge in [0, 0.05) is 12.5 Å². The minimum absolute atomic E-state index is 0.405. The third-order valence-corrected chi connectivity index (χ3v) is 2.91. The third kappa shape index (κ3) is 1.49. The Bertz CT molecular complexity index is 293. The van der Waals surface area contributed by atoms with Crippen molar-refractivity contribution in [2.75, 3.05) is 6.61 Å². The molecule has 0 saturated heterocycles. The fraction of sp³-hybridized carbons (Fsp3) is 0.500. The Kier molecular flexibility index (Phi) is 2.36. The van der Waals surface area contributed by atoms with Crippen molar-refractivity contribution in [2.24, 2.45) is 0 Å². The Morgan fingerprint density at radius 1 is 1.38 bits per heavy atom. The Balaban J connectivity index is 2.22. The second-order valence-electron chi connectivity index (χ2n) is 3.69. The first-order valence-corrected chi connectivity index (χ1v) is 5.02. The van der Waals surface area contributed by atoms with Crippen LogP contribution in [-0.4, -0.2) is 12.7 Å². The molecule has 0 unspecified atom stereocenters. The highest BCUT2D eigenvalue weighted by atomic mass is 16.5. The summed E-state index contributed by atoms with van der Waals surface area (Å²) >= 11 is 0. The topological polar surface area (TPSA) is 9.23 Å². The Labute approximate surface area is 79.7 Å². The number of rotatable bonds is 2. The summed E-state index contributed by atoms with van der Waals surface area (Å²) in [6.45, 7) is 5.14. The SMILES string of the molecule is CCO[C@@H]1Cc2ccccc2[C@@H]1C. The molecule has 0 saturated carbocycles. The van der Waals surface area contributed by atoms with Gasteiger partial charge in [-0.1, -0.05) is 31.2 Å². The standard InChI is InChI=1S/C12H16O/c1-3-13-12-8-10-6-4-5-7-11(10)9(12)2/h4-7,9,12H,3,8H2,1-2H3/t9-,12+/m0/s1. The van der Waals surface area contributed by atoms with Gasteiger partial charge in [-0.2, -0.15) is 0 Å². The van der Waals surface area contributed by atoms with Crippen LogP contribution in [-0.2, 0) is 11.2 Å². The number of ether oxygens (including phenoxy) is 1. The number of fused-ring (bicyclic) bond motifs is 1. The van der Waals surface area contributed by atoms with E-state index in [-0.39, 0.29) is 0 Å². The molecule has 0 heterocycles. The van der Waals surface area contributed by atoms with Crippen LogP contribution in [0.2, 0.25) is 0 Å². The highest BCUT2D eigenvalue weighted by Crippen LogP contribution is 2.34. The summed E-state index contributed by atoms with van der Waals surface area (Å²) in [7, 11) is 0. The van der Waals surface area contributed by atoms with Crippen molar-refractivity contribution in [2.45, 2.75) is 32.3 Å². The minimum Gasteiger partial charge on any atom is -0.378 e. The molecule has 2 rings (SSSR count). The van der Waals surface area contributed by atoms with Crippen LogP contribution in [0.4, 0.5) is 0 Å². The van der Waals surface area contributed by atoms with E-state index in [9.17, 15) is 0 Å². The summed E-state index contributed by atoms with van der Waals surface area (Å²) in [4.78, 5) is 0. The number of hydrogen-bond acceptors (Lipinski definition) is 1. The van der Waals surface area contributed by atoms with Crippen molar-refractivity contribution < 1.29 is 4.74 Å². The van der Waals surface area contributed by atoms with Crippen LogP contribution in [0.25, 0.3) is 0 Å². The molecule has 70 valence electrons. The summed E-state index contributed by atoms with van der Waals surface area (Å²) in [6.07, 6.45) is 1.49. The first-order valence-electron chi connectivity index (χ1n) is 5.02. The normalized spacial score (nSPS) is 26.0. The molecule has 1 aliphatic carbocycles. The molecule has 0 amide bonds. The van der Waals surface area contributed by atoms with Gasteiger partial charge < -0.3 is 4.74 Å². The molecule has 2 atom stereocenters. The zero-order valence-electron chi connectivity index (χ0n) is 8.29.